The van der Waals surface area contributed by atoms with Crippen LogP contribution in [0.2, 0.25) is 0 Å². The zero-order valence-corrected chi connectivity index (χ0v) is 17.4. The van der Waals surface area contributed by atoms with Crippen LogP contribution in [0.15, 0.2) is 71.6 Å². The van der Waals surface area contributed by atoms with E-state index in [0.717, 1.165) is 17.7 Å². The number of amides is 1. The molecule has 31 heavy (non-hydrogen) atoms. The second kappa shape index (κ2) is 9.57. The molecule has 0 saturated heterocycles. The van der Waals surface area contributed by atoms with Crippen LogP contribution in [0, 0.1) is 18.6 Å². The number of anilines is 2. The highest BCUT2D eigenvalue weighted by Crippen LogP contribution is 2.20. The van der Waals surface area contributed by atoms with Crippen LogP contribution in [0.3, 0.4) is 0 Å². The molecule has 0 fully saturated rings. The Morgan fingerprint density at radius 3 is 2.29 bits per heavy atom. The van der Waals surface area contributed by atoms with E-state index in [-0.39, 0.29) is 24.6 Å². The Morgan fingerprint density at radius 2 is 1.61 bits per heavy atom. The lowest BCUT2D eigenvalue weighted by atomic mass is 10.2. The number of para-hydroxylation sites is 1. The number of hydrogen-bond donors (Lipinski definition) is 2. The number of hydrogen-bond acceptors (Lipinski definition) is 4. The number of nitrogens with one attached hydrogen (secondary N) is 2. The van der Waals surface area contributed by atoms with E-state index in [0.29, 0.717) is 17.5 Å². The molecular weight excluding hydrogens is 426 g/mol. The largest absolute Gasteiger partial charge is 0.493 e. The number of aryl methyl sites for hydroxylation is 1. The number of sulfonamides is 1. The van der Waals surface area contributed by atoms with Gasteiger partial charge in [0.25, 0.3) is 10.0 Å². The standard InChI is InChI=1S/C22H20F2N2O4S/c1-15-4-2-3-5-21(15)30-13-12-22(27)25-16-6-8-17(9-7-16)26-31(28,29)18-10-11-19(23)20(24)14-18/h2-11,14,26H,12-13H2,1H3,(H,25,27). The summed E-state index contributed by atoms with van der Waals surface area (Å²) in [7, 11) is -4.09. The van der Waals surface area contributed by atoms with Crippen molar-refractivity contribution in [2.24, 2.45) is 0 Å². The Balaban J connectivity index is 1.54. The average molecular weight is 446 g/mol. The summed E-state index contributed by atoms with van der Waals surface area (Å²) < 4.78 is 58.8. The van der Waals surface area contributed by atoms with Crippen molar-refractivity contribution in [1.82, 2.24) is 0 Å². The minimum Gasteiger partial charge on any atom is -0.493 e. The minimum atomic E-state index is -4.09. The van der Waals surface area contributed by atoms with Crippen molar-refractivity contribution in [2.75, 3.05) is 16.6 Å². The van der Waals surface area contributed by atoms with E-state index in [9.17, 15) is 22.0 Å². The molecule has 2 N–H and O–H groups in total. The van der Waals surface area contributed by atoms with Crippen molar-refractivity contribution in [2.45, 2.75) is 18.2 Å². The van der Waals surface area contributed by atoms with Gasteiger partial charge in [-0.25, -0.2) is 17.2 Å². The Labute approximate surface area is 178 Å². The van der Waals surface area contributed by atoms with Crippen molar-refractivity contribution >= 4 is 27.3 Å². The maximum absolute atomic E-state index is 13.3. The molecule has 3 aromatic carbocycles. The van der Waals surface area contributed by atoms with Gasteiger partial charge in [-0.1, -0.05) is 18.2 Å². The van der Waals surface area contributed by atoms with E-state index < -0.39 is 26.6 Å². The van der Waals surface area contributed by atoms with E-state index in [1.807, 2.05) is 31.2 Å². The molecule has 0 atom stereocenters. The van der Waals surface area contributed by atoms with E-state index in [1.54, 1.807) is 0 Å². The van der Waals surface area contributed by atoms with Crippen LogP contribution < -0.4 is 14.8 Å². The van der Waals surface area contributed by atoms with Crippen molar-refractivity contribution in [1.29, 1.82) is 0 Å². The van der Waals surface area contributed by atoms with Gasteiger partial charge in [0, 0.05) is 11.4 Å². The maximum atomic E-state index is 13.3. The van der Waals surface area contributed by atoms with Gasteiger partial charge in [0.1, 0.15) is 5.75 Å². The highest BCUT2D eigenvalue weighted by molar-refractivity contribution is 7.92. The van der Waals surface area contributed by atoms with Gasteiger partial charge in [0.2, 0.25) is 5.91 Å². The fraction of sp³-hybridized carbons (Fsp3) is 0.136. The molecule has 0 radical (unpaired) electrons. The quantitative estimate of drug-likeness (QED) is 0.534. The predicted octanol–water partition coefficient (Wildman–Crippen LogP) is 4.48. The lowest BCUT2D eigenvalue weighted by Gasteiger charge is -2.11. The van der Waals surface area contributed by atoms with Crippen LogP contribution in [0.4, 0.5) is 20.2 Å². The monoisotopic (exact) mass is 446 g/mol. The SMILES string of the molecule is Cc1ccccc1OCCC(=O)Nc1ccc(NS(=O)(=O)c2ccc(F)c(F)c2)cc1. The van der Waals surface area contributed by atoms with Crippen molar-refractivity contribution < 1.29 is 26.7 Å². The average Bonchev–Trinajstić information content (AvgIpc) is 2.72. The third-order valence-electron chi connectivity index (χ3n) is 4.30. The van der Waals surface area contributed by atoms with E-state index >= 15 is 0 Å². The molecule has 162 valence electrons. The van der Waals surface area contributed by atoms with Crippen molar-refractivity contribution in [3.63, 3.8) is 0 Å². The maximum Gasteiger partial charge on any atom is 0.261 e. The molecule has 0 unspecified atom stereocenters. The predicted molar refractivity (Wildman–Crippen MR) is 114 cm³/mol. The lowest BCUT2D eigenvalue weighted by Crippen LogP contribution is -2.16. The molecule has 0 aliphatic carbocycles. The van der Waals surface area contributed by atoms with Crippen LogP contribution in [0.25, 0.3) is 0 Å². The van der Waals surface area contributed by atoms with Gasteiger partial charge in [-0.15, -0.1) is 0 Å². The molecule has 0 aliphatic heterocycles. The third-order valence-corrected chi connectivity index (χ3v) is 5.68. The molecule has 3 rings (SSSR count). The first kappa shape index (κ1) is 22.2. The zero-order valence-electron chi connectivity index (χ0n) is 16.6. The Kier molecular flexibility index (Phi) is 6.86. The van der Waals surface area contributed by atoms with Crippen molar-refractivity contribution in [3.8, 4) is 5.75 Å². The molecule has 0 aromatic heterocycles. The Morgan fingerprint density at radius 1 is 0.935 bits per heavy atom. The molecule has 0 aliphatic rings. The van der Waals surface area contributed by atoms with Gasteiger partial charge < -0.3 is 10.1 Å². The first-order valence-electron chi connectivity index (χ1n) is 9.31. The fourth-order valence-electron chi connectivity index (χ4n) is 2.68. The van der Waals surface area contributed by atoms with Gasteiger partial charge in [-0.3, -0.25) is 9.52 Å². The number of rotatable bonds is 8. The zero-order chi connectivity index (χ0) is 22.4. The fourth-order valence-corrected chi connectivity index (χ4v) is 3.75. The second-order valence-corrected chi connectivity index (χ2v) is 8.35. The molecule has 3 aromatic rings. The summed E-state index contributed by atoms with van der Waals surface area (Å²) in [6.07, 6.45) is 0.138. The van der Waals surface area contributed by atoms with E-state index in [1.165, 1.54) is 24.3 Å². The first-order valence-corrected chi connectivity index (χ1v) is 10.8. The van der Waals surface area contributed by atoms with Gasteiger partial charge in [-0.2, -0.15) is 0 Å². The van der Waals surface area contributed by atoms with Crippen LogP contribution in [0.5, 0.6) is 5.75 Å². The Bertz CT molecular complexity index is 1180. The number of halogens is 2. The summed E-state index contributed by atoms with van der Waals surface area (Å²) in [6, 6.07) is 15.7. The first-order chi connectivity index (χ1) is 14.7. The van der Waals surface area contributed by atoms with Crippen LogP contribution in [-0.2, 0) is 14.8 Å². The topological polar surface area (TPSA) is 84.5 Å². The molecule has 9 heteroatoms. The van der Waals surface area contributed by atoms with E-state index in [2.05, 4.69) is 10.0 Å². The molecule has 0 bridgehead atoms. The van der Waals surface area contributed by atoms with Gasteiger partial charge in [0.15, 0.2) is 11.6 Å². The highest BCUT2D eigenvalue weighted by atomic mass is 32.2. The summed E-state index contributed by atoms with van der Waals surface area (Å²) in [6.45, 7) is 2.13. The van der Waals surface area contributed by atoms with Gasteiger partial charge in [-0.05, 0) is 61.0 Å². The summed E-state index contributed by atoms with van der Waals surface area (Å²) in [5.74, 6) is -1.94. The molecule has 0 heterocycles. The smallest absolute Gasteiger partial charge is 0.261 e. The number of carbonyl (C=O) groups is 1. The van der Waals surface area contributed by atoms with Crippen LogP contribution in [-0.4, -0.2) is 20.9 Å². The summed E-state index contributed by atoms with van der Waals surface area (Å²) in [5.41, 5.74) is 1.65. The molecule has 0 spiro atoms. The number of carbonyl (C=O) groups excluding carboxylic acids is 1. The number of ether oxygens (including phenoxy) is 1. The summed E-state index contributed by atoms with van der Waals surface area (Å²) in [5, 5.41) is 2.69. The molecular formula is C22H20F2N2O4S. The van der Waals surface area contributed by atoms with Crippen LogP contribution in [0.1, 0.15) is 12.0 Å². The lowest BCUT2D eigenvalue weighted by molar-refractivity contribution is -0.116. The van der Waals surface area contributed by atoms with Gasteiger partial charge >= 0.3 is 0 Å². The third kappa shape index (κ3) is 6.02. The molecule has 6 nitrogen and oxygen atoms in total. The highest BCUT2D eigenvalue weighted by Gasteiger charge is 2.16. The van der Waals surface area contributed by atoms with Crippen LogP contribution >= 0.6 is 0 Å². The molecule has 1 amide bonds. The van der Waals surface area contributed by atoms with E-state index in [4.69, 9.17) is 4.74 Å². The minimum absolute atomic E-state index is 0.138. The summed E-state index contributed by atoms with van der Waals surface area (Å²) in [4.78, 5) is 11.7. The Hall–Kier alpha value is -3.46. The normalized spacial score (nSPS) is 11.1. The molecule has 0 saturated carbocycles. The number of benzene rings is 3. The summed E-state index contributed by atoms with van der Waals surface area (Å²) >= 11 is 0. The second-order valence-electron chi connectivity index (χ2n) is 6.67. The van der Waals surface area contributed by atoms with Gasteiger partial charge in [0.05, 0.1) is 17.9 Å². The van der Waals surface area contributed by atoms with Crippen molar-refractivity contribution in [3.05, 3.63) is 83.9 Å².